The fourth-order valence-electron chi connectivity index (χ4n) is 2.56. The van der Waals surface area contributed by atoms with E-state index in [1.165, 1.54) is 5.56 Å². The minimum absolute atomic E-state index is 0.119. The first-order valence-corrected chi connectivity index (χ1v) is 6.72. The van der Waals surface area contributed by atoms with Gasteiger partial charge in [0.25, 0.3) is 0 Å². The van der Waals surface area contributed by atoms with E-state index in [9.17, 15) is 4.79 Å². The summed E-state index contributed by atoms with van der Waals surface area (Å²) in [4.78, 5) is 15.4. The van der Waals surface area contributed by atoms with Crippen LogP contribution in [-0.4, -0.2) is 50.1 Å². The summed E-state index contributed by atoms with van der Waals surface area (Å²) in [5, 5.41) is 0. The van der Waals surface area contributed by atoms with Gasteiger partial charge in [-0.25, -0.2) is 4.79 Å². The SMILES string of the molecule is COc1ccc(C2CCN(C(=O)N(C)C)CC2)cc1. The van der Waals surface area contributed by atoms with Crippen LogP contribution in [0.25, 0.3) is 0 Å². The molecule has 1 aliphatic heterocycles. The molecular formula is C15H22N2O2. The molecule has 1 aromatic carbocycles. The predicted molar refractivity (Wildman–Crippen MR) is 75.6 cm³/mol. The minimum atomic E-state index is 0.119. The summed E-state index contributed by atoms with van der Waals surface area (Å²) in [7, 11) is 5.29. The summed E-state index contributed by atoms with van der Waals surface area (Å²) in [5.41, 5.74) is 1.35. The van der Waals surface area contributed by atoms with E-state index in [2.05, 4.69) is 12.1 Å². The van der Waals surface area contributed by atoms with Crippen LogP contribution in [0.1, 0.15) is 24.3 Å². The molecule has 19 heavy (non-hydrogen) atoms. The van der Waals surface area contributed by atoms with E-state index in [4.69, 9.17) is 4.74 Å². The number of carbonyl (C=O) groups is 1. The van der Waals surface area contributed by atoms with Crippen molar-refractivity contribution in [2.75, 3.05) is 34.3 Å². The Morgan fingerprint density at radius 3 is 2.26 bits per heavy atom. The van der Waals surface area contributed by atoms with E-state index in [-0.39, 0.29) is 6.03 Å². The Morgan fingerprint density at radius 1 is 1.21 bits per heavy atom. The molecule has 4 heteroatoms. The number of urea groups is 1. The van der Waals surface area contributed by atoms with Crippen molar-refractivity contribution in [3.63, 3.8) is 0 Å². The lowest BCUT2D eigenvalue weighted by Crippen LogP contribution is -2.43. The van der Waals surface area contributed by atoms with E-state index in [0.29, 0.717) is 5.92 Å². The van der Waals surface area contributed by atoms with Gasteiger partial charge in [0.15, 0.2) is 0 Å². The van der Waals surface area contributed by atoms with Gasteiger partial charge < -0.3 is 14.5 Å². The number of nitrogens with zero attached hydrogens (tertiary/aromatic N) is 2. The highest BCUT2D eigenvalue weighted by molar-refractivity contribution is 5.73. The lowest BCUT2D eigenvalue weighted by atomic mass is 9.89. The van der Waals surface area contributed by atoms with Crippen LogP contribution in [0.4, 0.5) is 4.79 Å². The Labute approximate surface area is 115 Å². The van der Waals surface area contributed by atoms with Crippen LogP contribution in [0.2, 0.25) is 0 Å². The Bertz CT molecular complexity index is 420. The standard InChI is InChI=1S/C15H22N2O2/c1-16(2)15(18)17-10-8-13(9-11-17)12-4-6-14(19-3)7-5-12/h4-7,13H,8-11H2,1-3H3. The van der Waals surface area contributed by atoms with E-state index in [1.54, 1.807) is 26.1 Å². The van der Waals surface area contributed by atoms with Crippen LogP contribution in [0, 0.1) is 0 Å². The number of hydrogen-bond donors (Lipinski definition) is 0. The summed E-state index contributed by atoms with van der Waals surface area (Å²) in [6, 6.07) is 8.40. The molecule has 0 aromatic heterocycles. The zero-order valence-electron chi connectivity index (χ0n) is 11.9. The number of methoxy groups -OCH3 is 1. The summed E-state index contributed by atoms with van der Waals surface area (Å²) in [6.07, 6.45) is 2.07. The molecule has 1 aromatic rings. The summed E-state index contributed by atoms with van der Waals surface area (Å²) in [5.74, 6) is 1.45. The molecule has 1 fully saturated rings. The molecule has 104 valence electrons. The summed E-state index contributed by atoms with van der Waals surface area (Å²) < 4.78 is 5.17. The van der Waals surface area contributed by atoms with E-state index < -0.39 is 0 Å². The number of benzene rings is 1. The first-order valence-electron chi connectivity index (χ1n) is 6.72. The number of carbonyl (C=O) groups excluding carboxylic acids is 1. The van der Waals surface area contributed by atoms with Gasteiger partial charge in [0.1, 0.15) is 5.75 Å². The van der Waals surface area contributed by atoms with Crippen molar-refractivity contribution < 1.29 is 9.53 Å². The molecule has 0 atom stereocenters. The van der Waals surface area contributed by atoms with Crippen molar-refractivity contribution in [1.82, 2.24) is 9.80 Å². The Morgan fingerprint density at radius 2 is 1.79 bits per heavy atom. The maximum atomic E-state index is 11.9. The van der Waals surface area contributed by atoms with Gasteiger partial charge in [0, 0.05) is 27.2 Å². The molecule has 1 saturated heterocycles. The van der Waals surface area contributed by atoms with Crippen LogP contribution in [0.15, 0.2) is 24.3 Å². The number of hydrogen-bond acceptors (Lipinski definition) is 2. The lowest BCUT2D eigenvalue weighted by molar-refractivity contribution is 0.156. The number of likely N-dealkylation sites (tertiary alicyclic amines) is 1. The minimum Gasteiger partial charge on any atom is -0.497 e. The maximum Gasteiger partial charge on any atom is 0.319 e. The van der Waals surface area contributed by atoms with Gasteiger partial charge >= 0.3 is 6.03 Å². The molecule has 1 heterocycles. The molecule has 2 rings (SSSR count). The highest BCUT2D eigenvalue weighted by Crippen LogP contribution is 2.29. The normalized spacial score (nSPS) is 16.3. The van der Waals surface area contributed by atoms with E-state index in [0.717, 1.165) is 31.7 Å². The molecule has 0 N–H and O–H groups in total. The van der Waals surface area contributed by atoms with Crippen LogP contribution in [0.5, 0.6) is 5.75 Å². The third-order valence-electron chi connectivity index (χ3n) is 3.74. The van der Waals surface area contributed by atoms with Crippen LogP contribution >= 0.6 is 0 Å². The highest BCUT2D eigenvalue weighted by atomic mass is 16.5. The van der Waals surface area contributed by atoms with E-state index in [1.807, 2.05) is 17.0 Å². The largest absolute Gasteiger partial charge is 0.497 e. The monoisotopic (exact) mass is 262 g/mol. The number of ether oxygens (including phenoxy) is 1. The van der Waals surface area contributed by atoms with Gasteiger partial charge in [0.05, 0.1) is 7.11 Å². The fraction of sp³-hybridized carbons (Fsp3) is 0.533. The second-order valence-corrected chi connectivity index (χ2v) is 5.21. The average molecular weight is 262 g/mol. The third kappa shape index (κ3) is 3.19. The van der Waals surface area contributed by atoms with Crippen molar-refractivity contribution >= 4 is 6.03 Å². The fourth-order valence-corrected chi connectivity index (χ4v) is 2.56. The van der Waals surface area contributed by atoms with Crippen molar-refractivity contribution in [1.29, 1.82) is 0 Å². The van der Waals surface area contributed by atoms with Gasteiger partial charge in [-0.1, -0.05) is 12.1 Å². The van der Waals surface area contributed by atoms with E-state index >= 15 is 0 Å². The quantitative estimate of drug-likeness (QED) is 0.820. The molecule has 0 spiro atoms. The highest BCUT2D eigenvalue weighted by Gasteiger charge is 2.24. The number of rotatable bonds is 2. The molecular weight excluding hydrogens is 240 g/mol. The zero-order chi connectivity index (χ0) is 13.8. The Balaban J connectivity index is 1.94. The third-order valence-corrected chi connectivity index (χ3v) is 3.74. The molecule has 0 radical (unpaired) electrons. The van der Waals surface area contributed by atoms with Gasteiger partial charge in [-0.3, -0.25) is 0 Å². The van der Waals surface area contributed by atoms with Crippen LogP contribution < -0.4 is 4.74 Å². The molecule has 2 amide bonds. The van der Waals surface area contributed by atoms with Gasteiger partial charge in [-0.15, -0.1) is 0 Å². The van der Waals surface area contributed by atoms with Gasteiger partial charge in [-0.2, -0.15) is 0 Å². The molecule has 0 bridgehead atoms. The first kappa shape index (κ1) is 13.7. The predicted octanol–water partition coefficient (Wildman–Crippen LogP) is 2.56. The molecule has 0 saturated carbocycles. The number of piperidine rings is 1. The molecule has 4 nitrogen and oxygen atoms in total. The first-order chi connectivity index (χ1) is 9.11. The van der Waals surface area contributed by atoms with Crippen LogP contribution in [-0.2, 0) is 0 Å². The topological polar surface area (TPSA) is 32.8 Å². The van der Waals surface area contributed by atoms with Crippen LogP contribution in [0.3, 0.4) is 0 Å². The van der Waals surface area contributed by atoms with Crippen molar-refractivity contribution in [2.45, 2.75) is 18.8 Å². The second kappa shape index (κ2) is 5.95. The van der Waals surface area contributed by atoms with Crippen molar-refractivity contribution in [3.05, 3.63) is 29.8 Å². The average Bonchev–Trinajstić information content (AvgIpc) is 2.46. The molecule has 0 unspecified atom stereocenters. The van der Waals surface area contributed by atoms with Gasteiger partial charge in [0.2, 0.25) is 0 Å². The Hall–Kier alpha value is -1.71. The second-order valence-electron chi connectivity index (χ2n) is 5.21. The summed E-state index contributed by atoms with van der Waals surface area (Å²) >= 11 is 0. The maximum absolute atomic E-state index is 11.9. The molecule has 0 aliphatic carbocycles. The number of amides is 2. The summed E-state index contributed by atoms with van der Waals surface area (Å²) in [6.45, 7) is 1.68. The lowest BCUT2D eigenvalue weighted by Gasteiger charge is -2.33. The van der Waals surface area contributed by atoms with Crippen molar-refractivity contribution in [3.8, 4) is 5.75 Å². The molecule has 1 aliphatic rings. The van der Waals surface area contributed by atoms with Crippen molar-refractivity contribution in [2.24, 2.45) is 0 Å². The Kier molecular flexibility index (Phi) is 4.30. The van der Waals surface area contributed by atoms with Gasteiger partial charge in [-0.05, 0) is 36.5 Å². The smallest absolute Gasteiger partial charge is 0.319 e. The zero-order valence-corrected chi connectivity index (χ0v) is 11.9.